The van der Waals surface area contributed by atoms with Crippen LogP contribution in [0.25, 0.3) is 0 Å². The number of benzene rings is 1. The van der Waals surface area contributed by atoms with Crippen LogP contribution in [0.15, 0.2) is 12.1 Å². The standard InChI is InChI=1S/C10H11ClO3/c1-5(2)10(14)6-3-8(12)9(13)4-7(6)11/h3-5,12-13H,1-2H3. The molecule has 1 rings (SSSR count). The lowest BCUT2D eigenvalue weighted by molar-refractivity contribution is 0.0939. The number of ketones is 1. The van der Waals surface area contributed by atoms with Crippen LogP contribution in [0.3, 0.4) is 0 Å². The third kappa shape index (κ3) is 1.99. The molecule has 0 radical (unpaired) electrons. The van der Waals surface area contributed by atoms with E-state index in [1.165, 1.54) is 6.07 Å². The van der Waals surface area contributed by atoms with Crippen LogP contribution >= 0.6 is 11.6 Å². The van der Waals surface area contributed by atoms with E-state index in [-0.39, 0.29) is 33.8 Å². The SMILES string of the molecule is CC(C)C(=O)c1cc(O)c(O)cc1Cl. The number of phenolic OH excluding ortho intramolecular Hbond substituents is 2. The molecule has 3 nitrogen and oxygen atoms in total. The molecule has 0 heterocycles. The molecular weight excluding hydrogens is 204 g/mol. The molecule has 0 atom stereocenters. The van der Waals surface area contributed by atoms with Gasteiger partial charge in [0, 0.05) is 17.5 Å². The van der Waals surface area contributed by atoms with Gasteiger partial charge in [0.05, 0.1) is 5.02 Å². The number of halogens is 1. The van der Waals surface area contributed by atoms with Gasteiger partial charge in [0.1, 0.15) is 0 Å². The minimum absolute atomic E-state index is 0.152. The fourth-order valence-electron chi connectivity index (χ4n) is 1.05. The van der Waals surface area contributed by atoms with Crippen molar-refractivity contribution in [1.82, 2.24) is 0 Å². The van der Waals surface area contributed by atoms with E-state index in [1.807, 2.05) is 0 Å². The molecule has 4 heteroatoms. The number of aromatic hydroxyl groups is 2. The Balaban J connectivity index is 3.22. The molecule has 0 spiro atoms. The molecule has 0 aliphatic heterocycles. The molecule has 0 aliphatic carbocycles. The van der Waals surface area contributed by atoms with Gasteiger partial charge in [0.25, 0.3) is 0 Å². The Bertz CT molecular complexity index is 372. The van der Waals surface area contributed by atoms with Crippen LogP contribution in [0.2, 0.25) is 5.02 Å². The highest BCUT2D eigenvalue weighted by Gasteiger charge is 2.16. The summed E-state index contributed by atoms with van der Waals surface area (Å²) in [6.07, 6.45) is 0. The third-order valence-electron chi connectivity index (χ3n) is 1.85. The van der Waals surface area contributed by atoms with E-state index in [2.05, 4.69) is 0 Å². The summed E-state index contributed by atoms with van der Waals surface area (Å²) in [5.74, 6) is -1.02. The molecule has 1 aromatic carbocycles. The lowest BCUT2D eigenvalue weighted by Crippen LogP contribution is -2.07. The predicted octanol–water partition coefficient (Wildman–Crippen LogP) is 2.59. The first-order chi connectivity index (χ1) is 6.43. The zero-order valence-electron chi connectivity index (χ0n) is 7.91. The fraction of sp³-hybridized carbons (Fsp3) is 0.300. The molecule has 0 unspecified atom stereocenters. The number of carbonyl (C=O) groups is 1. The van der Waals surface area contributed by atoms with E-state index < -0.39 is 0 Å². The van der Waals surface area contributed by atoms with Crippen LogP contribution in [0.1, 0.15) is 24.2 Å². The Hall–Kier alpha value is -1.22. The number of rotatable bonds is 2. The molecule has 0 fully saturated rings. The summed E-state index contributed by atoms with van der Waals surface area (Å²) < 4.78 is 0. The maximum Gasteiger partial charge on any atom is 0.167 e. The highest BCUT2D eigenvalue weighted by atomic mass is 35.5. The van der Waals surface area contributed by atoms with Crippen molar-refractivity contribution in [2.75, 3.05) is 0 Å². The quantitative estimate of drug-likeness (QED) is 0.588. The van der Waals surface area contributed by atoms with Gasteiger partial charge in [0.2, 0.25) is 0 Å². The second kappa shape index (κ2) is 3.88. The van der Waals surface area contributed by atoms with E-state index in [4.69, 9.17) is 16.7 Å². The molecule has 14 heavy (non-hydrogen) atoms. The number of phenols is 2. The molecule has 0 amide bonds. The van der Waals surface area contributed by atoms with Crippen LogP contribution in [0, 0.1) is 5.92 Å². The summed E-state index contributed by atoms with van der Waals surface area (Å²) in [7, 11) is 0. The number of Topliss-reactive ketones (excluding diaryl/α,β-unsaturated/α-hetero) is 1. The van der Waals surface area contributed by atoms with Crippen molar-refractivity contribution >= 4 is 17.4 Å². The molecule has 0 saturated carbocycles. The van der Waals surface area contributed by atoms with E-state index >= 15 is 0 Å². The van der Waals surface area contributed by atoms with Gasteiger partial charge in [-0.1, -0.05) is 25.4 Å². The molecule has 76 valence electrons. The zero-order chi connectivity index (χ0) is 10.9. The topological polar surface area (TPSA) is 57.5 Å². The Kier molecular flexibility index (Phi) is 3.01. The van der Waals surface area contributed by atoms with Crippen LogP contribution in [0.5, 0.6) is 11.5 Å². The average molecular weight is 215 g/mol. The van der Waals surface area contributed by atoms with Crippen LogP contribution in [-0.2, 0) is 0 Å². The Labute approximate surface area is 86.9 Å². The van der Waals surface area contributed by atoms with Gasteiger partial charge in [-0.25, -0.2) is 0 Å². The Morgan fingerprint density at radius 3 is 2.29 bits per heavy atom. The lowest BCUT2D eigenvalue weighted by atomic mass is 10.0. The lowest BCUT2D eigenvalue weighted by Gasteiger charge is -2.07. The van der Waals surface area contributed by atoms with Crippen molar-refractivity contribution in [3.05, 3.63) is 22.7 Å². The van der Waals surface area contributed by atoms with Gasteiger partial charge in [-0.05, 0) is 6.07 Å². The second-order valence-corrected chi connectivity index (χ2v) is 3.75. The minimum atomic E-state index is -0.335. The summed E-state index contributed by atoms with van der Waals surface area (Å²) >= 11 is 5.75. The van der Waals surface area contributed by atoms with E-state index in [0.717, 1.165) is 6.07 Å². The smallest absolute Gasteiger partial charge is 0.167 e. The normalized spacial score (nSPS) is 10.6. The number of carbonyl (C=O) groups excluding carboxylic acids is 1. The number of hydrogen-bond acceptors (Lipinski definition) is 3. The molecule has 0 aromatic heterocycles. The van der Waals surface area contributed by atoms with Gasteiger partial charge in [-0.15, -0.1) is 0 Å². The van der Waals surface area contributed by atoms with Gasteiger partial charge in [-0.2, -0.15) is 0 Å². The zero-order valence-corrected chi connectivity index (χ0v) is 8.67. The highest BCUT2D eigenvalue weighted by Crippen LogP contribution is 2.32. The summed E-state index contributed by atoms with van der Waals surface area (Å²) in [4.78, 5) is 11.6. The summed E-state index contributed by atoms with van der Waals surface area (Å²) in [5, 5.41) is 18.4. The first-order valence-corrected chi connectivity index (χ1v) is 4.57. The largest absolute Gasteiger partial charge is 0.504 e. The molecule has 0 saturated heterocycles. The highest BCUT2D eigenvalue weighted by molar-refractivity contribution is 6.34. The van der Waals surface area contributed by atoms with Gasteiger partial charge in [0.15, 0.2) is 17.3 Å². The second-order valence-electron chi connectivity index (χ2n) is 3.34. The fourth-order valence-corrected chi connectivity index (χ4v) is 1.30. The van der Waals surface area contributed by atoms with Crippen molar-refractivity contribution in [1.29, 1.82) is 0 Å². The third-order valence-corrected chi connectivity index (χ3v) is 2.17. The van der Waals surface area contributed by atoms with Crippen LogP contribution in [-0.4, -0.2) is 16.0 Å². The molecule has 0 aliphatic rings. The van der Waals surface area contributed by atoms with Gasteiger partial charge >= 0.3 is 0 Å². The summed E-state index contributed by atoms with van der Waals surface area (Å²) in [5.41, 5.74) is 0.233. The molecule has 1 aromatic rings. The van der Waals surface area contributed by atoms with Crippen molar-refractivity contribution < 1.29 is 15.0 Å². The van der Waals surface area contributed by atoms with Gasteiger partial charge < -0.3 is 10.2 Å². The van der Waals surface area contributed by atoms with Crippen molar-refractivity contribution in [2.24, 2.45) is 5.92 Å². The summed E-state index contributed by atoms with van der Waals surface area (Å²) in [6.45, 7) is 3.48. The molecule has 0 bridgehead atoms. The molecule has 2 N–H and O–H groups in total. The van der Waals surface area contributed by atoms with E-state index in [0.29, 0.717) is 0 Å². The molecular formula is C10H11ClO3. The minimum Gasteiger partial charge on any atom is -0.504 e. The van der Waals surface area contributed by atoms with Crippen LogP contribution < -0.4 is 0 Å². The maximum atomic E-state index is 11.6. The first-order valence-electron chi connectivity index (χ1n) is 4.19. The van der Waals surface area contributed by atoms with Crippen molar-refractivity contribution in [2.45, 2.75) is 13.8 Å². The van der Waals surface area contributed by atoms with Crippen molar-refractivity contribution in [3.63, 3.8) is 0 Å². The van der Waals surface area contributed by atoms with Gasteiger partial charge in [-0.3, -0.25) is 4.79 Å². The van der Waals surface area contributed by atoms with Crippen LogP contribution in [0.4, 0.5) is 0 Å². The maximum absolute atomic E-state index is 11.6. The number of hydrogen-bond donors (Lipinski definition) is 2. The predicted molar refractivity (Wildman–Crippen MR) is 54.0 cm³/mol. The Morgan fingerprint density at radius 1 is 1.29 bits per heavy atom. The van der Waals surface area contributed by atoms with E-state index in [9.17, 15) is 9.90 Å². The summed E-state index contributed by atoms with van der Waals surface area (Å²) in [6, 6.07) is 2.34. The van der Waals surface area contributed by atoms with E-state index in [1.54, 1.807) is 13.8 Å². The monoisotopic (exact) mass is 214 g/mol. The van der Waals surface area contributed by atoms with Crippen molar-refractivity contribution in [3.8, 4) is 11.5 Å². The average Bonchev–Trinajstić information content (AvgIpc) is 2.10. The Morgan fingerprint density at radius 2 is 1.79 bits per heavy atom. The first kappa shape index (κ1) is 10.9.